The molecular weight excluding hydrogens is 366 g/mol. The smallest absolute Gasteiger partial charge is 0.266 e. The first-order chi connectivity index (χ1) is 13.3. The van der Waals surface area contributed by atoms with Crippen molar-refractivity contribution in [2.45, 2.75) is 78.2 Å². The third-order valence-corrected chi connectivity index (χ3v) is 8.05. The average molecular weight is 400 g/mol. The van der Waals surface area contributed by atoms with Gasteiger partial charge in [0.05, 0.1) is 5.69 Å². The van der Waals surface area contributed by atoms with Crippen LogP contribution in [0.15, 0.2) is 6.07 Å². The monoisotopic (exact) mass is 399 g/mol. The first-order valence-corrected chi connectivity index (χ1v) is 11.5. The molecule has 1 saturated carbocycles. The van der Waals surface area contributed by atoms with E-state index in [4.69, 9.17) is 10.7 Å². The average Bonchev–Trinajstić information content (AvgIpc) is 3.00. The Hall–Kier alpha value is -1.62. The molecule has 0 radical (unpaired) electrons. The summed E-state index contributed by atoms with van der Waals surface area (Å²) in [6.45, 7) is 6.97. The summed E-state index contributed by atoms with van der Waals surface area (Å²) in [7, 11) is 1.94. The maximum absolute atomic E-state index is 13.2. The third kappa shape index (κ3) is 3.54. The van der Waals surface area contributed by atoms with Gasteiger partial charge in [-0.15, -0.1) is 11.3 Å². The number of hydrogen-bond acceptors (Lipinski definition) is 4. The largest absolute Gasteiger partial charge is 0.397 e. The summed E-state index contributed by atoms with van der Waals surface area (Å²) < 4.78 is 0. The van der Waals surface area contributed by atoms with Gasteiger partial charge in [-0.05, 0) is 55.1 Å². The maximum Gasteiger partial charge on any atom is 0.266 e. The van der Waals surface area contributed by atoms with Crippen molar-refractivity contribution in [3.8, 4) is 0 Å². The molecule has 152 valence electrons. The summed E-state index contributed by atoms with van der Waals surface area (Å²) in [6, 6.07) is 2.57. The van der Waals surface area contributed by atoms with Crippen LogP contribution in [0.1, 0.15) is 80.2 Å². The van der Waals surface area contributed by atoms with E-state index in [-0.39, 0.29) is 5.91 Å². The van der Waals surface area contributed by atoms with E-state index in [9.17, 15) is 4.79 Å². The van der Waals surface area contributed by atoms with Crippen LogP contribution in [0.4, 0.5) is 5.69 Å². The van der Waals surface area contributed by atoms with Crippen molar-refractivity contribution in [1.82, 2.24) is 9.88 Å². The molecule has 0 aliphatic heterocycles. The molecule has 2 heterocycles. The van der Waals surface area contributed by atoms with Gasteiger partial charge in [-0.3, -0.25) is 4.79 Å². The van der Waals surface area contributed by atoms with Crippen LogP contribution in [0.3, 0.4) is 0 Å². The van der Waals surface area contributed by atoms with Crippen molar-refractivity contribution in [3.05, 3.63) is 22.2 Å². The van der Waals surface area contributed by atoms with E-state index in [1.807, 2.05) is 11.9 Å². The fourth-order valence-electron chi connectivity index (χ4n) is 4.88. The van der Waals surface area contributed by atoms with E-state index in [1.54, 1.807) is 0 Å². The minimum atomic E-state index is 0.0675. The highest BCUT2D eigenvalue weighted by molar-refractivity contribution is 7.21. The summed E-state index contributed by atoms with van der Waals surface area (Å²) in [6.07, 6.45) is 9.20. The minimum Gasteiger partial charge on any atom is -0.397 e. The molecule has 1 amide bonds. The van der Waals surface area contributed by atoms with Gasteiger partial charge in [0.25, 0.3) is 5.91 Å². The van der Waals surface area contributed by atoms with Crippen molar-refractivity contribution in [2.75, 3.05) is 12.8 Å². The van der Waals surface area contributed by atoms with Gasteiger partial charge in [-0.25, -0.2) is 4.98 Å². The van der Waals surface area contributed by atoms with Crippen molar-refractivity contribution >= 4 is 33.1 Å². The zero-order chi connectivity index (χ0) is 20.1. The number of amides is 1. The fraction of sp³-hybridized carbons (Fsp3) is 0.652. The lowest BCUT2D eigenvalue weighted by Crippen LogP contribution is -2.38. The molecule has 2 aliphatic rings. The molecule has 4 nitrogen and oxygen atoms in total. The molecule has 0 bridgehead atoms. The molecule has 1 unspecified atom stereocenters. The van der Waals surface area contributed by atoms with E-state index < -0.39 is 0 Å². The van der Waals surface area contributed by atoms with Crippen LogP contribution < -0.4 is 5.73 Å². The van der Waals surface area contributed by atoms with Gasteiger partial charge in [0.1, 0.15) is 9.71 Å². The topological polar surface area (TPSA) is 59.2 Å². The Labute approximate surface area is 172 Å². The number of carbonyl (C=O) groups is 1. The molecule has 2 aliphatic carbocycles. The number of nitrogen functional groups attached to an aromatic ring is 1. The second-order valence-electron chi connectivity index (χ2n) is 9.81. The van der Waals surface area contributed by atoms with Crippen LogP contribution in [0, 0.1) is 11.3 Å². The summed E-state index contributed by atoms with van der Waals surface area (Å²) in [5, 5.41) is 0.971. The van der Waals surface area contributed by atoms with Gasteiger partial charge in [0.15, 0.2) is 0 Å². The predicted octanol–water partition coefficient (Wildman–Crippen LogP) is 5.43. The number of anilines is 1. The Kier molecular flexibility index (Phi) is 5.15. The number of hydrogen-bond donors (Lipinski definition) is 1. The highest BCUT2D eigenvalue weighted by Crippen LogP contribution is 2.40. The zero-order valence-electron chi connectivity index (χ0n) is 17.7. The normalized spacial score (nSPS) is 20.9. The van der Waals surface area contributed by atoms with Gasteiger partial charge in [0.2, 0.25) is 0 Å². The van der Waals surface area contributed by atoms with Crippen molar-refractivity contribution in [1.29, 1.82) is 0 Å². The molecule has 0 spiro atoms. The Morgan fingerprint density at radius 1 is 1.21 bits per heavy atom. The quantitative estimate of drug-likeness (QED) is 0.732. The Balaban J connectivity index is 1.65. The lowest BCUT2D eigenvalue weighted by atomic mass is 9.71. The van der Waals surface area contributed by atoms with Gasteiger partial charge < -0.3 is 10.6 Å². The molecule has 1 atom stereocenters. The number of nitrogens with zero attached hydrogens (tertiary/aromatic N) is 2. The fourth-order valence-corrected chi connectivity index (χ4v) is 5.96. The number of aromatic nitrogens is 1. The Morgan fingerprint density at radius 3 is 2.61 bits per heavy atom. The third-order valence-electron chi connectivity index (χ3n) is 6.95. The van der Waals surface area contributed by atoms with E-state index >= 15 is 0 Å². The lowest BCUT2D eigenvalue weighted by molar-refractivity contribution is 0.0702. The highest BCUT2D eigenvalue weighted by Gasteiger charge is 2.31. The molecule has 0 saturated heterocycles. The van der Waals surface area contributed by atoms with E-state index in [0.29, 0.717) is 27.9 Å². The van der Waals surface area contributed by atoms with Crippen LogP contribution in [-0.4, -0.2) is 28.9 Å². The number of aryl methyl sites for hydroxylation is 1. The van der Waals surface area contributed by atoms with Gasteiger partial charge in [0, 0.05) is 24.2 Å². The maximum atomic E-state index is 13.2. The molecule has 1 fully saturated rings. The standard InChI is InChI=1S/C23H33N3OS/c1-23(2,3)15-10-11-18-14(12-15)13-17-19(24)20(28-21(17)25-18)22(27)26(4)16-8-6-5-7-9-16/h13,15-16H,5-12,24H2,1-4H3. The summed E-state index contributed by atoms with van der Waals surface area (Å²) in [5.41, 5.74) is 9.94. The second kappa shape index (κ2) is 7.33. The Bertz CT molecular complexity index is 889. The second-order valence-corrected chi connectivity index (χ2v) is 10.8. The molecule has 2 aromatic heterocycles. The number of rotatable bonds is 2. The summed E-state index contributed by atoms with van der Waals surface area (Å²) in [5.74, 6) is 0.732. The van der Waals surface area contributed by atoms with Crippen LogP contribution in [-0.2, 0) is 12.8 Å². The molecule has 4 rings (SSSR count). The zero-order valence-corrected chi connectivity index (χ0v) is 18.5. The molecule has 28 heavy (non-hydrogen) atoms. The minimum absolute atomic E-state index is 0.0675. The predicted molar refractivity (Wildman–Crippen MR) is 118 cm³/mol. The van der Waals surface area contributed by atoms with Crippen molar-refractivity contribution in [2.24, 2.45) is 11.3 Å². The van der Waals surface area contributed by atoms with Crippen LogP contribution in [0.25, 0.3) is 10.2 Å². The van der Waals surface area contributed by atoms with Gasteiger partial charge >= 0.3 is 0 Å². The number of nitrogens with two attached hydrogens (primary N) is 1. The van der Waals surface area contributed by atoms with E-state index in [2.05, 4.69) is 26.8 Å². The molecular formula is C23H33N3OS. The van der Waals surface area contributed by atoms with Crippen LogP contribution in [0.5, 0.6) is 0 Å². The van der Waals surface area contributed by atoms with Gasteiger partial charge in [-0.1, -0.05) is 40.0 Å². The van der Waals surface area contributed by atoms with Crippen molar-refractivity contribution < 1.29 is 4.79 Å². The van der Waals surface area contributed by atoms with E-state index in [0.717, 1.165) is 35.9 Å². The number of thiophene rings is 1. The summed E-state index contributed by atoms with van der Waals surface area (Å²) >= 11 is 1.48. The lowest BCUT2D eigenvalue weighted by Gasteiger charge is -2.34. The van der Waals surface area contributed by atoms with Gasteiger partial charge in [-0.2, -0.15) is 0 Å². The SMILES string of the molecule is CN(C(=O)c1sc2nc3c(cc2c1N)CC(C(C)(C)C)CC3)C1CCCCC1. The number of carbonyl (C=O) groups excluding carboxylic acids is 1. The molecule has 2 aromatic rings. The first kappa shape index (κ1) is 19.7. The van der Waals surface area contributed by atoms with Crippen LogP contribution >= 0.6 is 11.3 Å². The highest BCUT2D eigenvalue weighted by atomic mass is 32.1. The summed E-state index contributed by atoms with van der Waals surface area (Å²) in [4.78, 5) is 21.6. The molecule has 0 aromatic carbocycles. The first-order valence-electron chi connectivity index (χ1n) is 10.7. The number of pyridine rings is 1. The van der Waals surface area contributed by atoms with E-state index in [1.165, 1.54) is 48.3 Å². The van der Waals surface area contributed by atoms with Crippen molar-refractivity contribution in [3.63, 3.8) is 0 Å². The number of fused-ring (bicyclic) bond motifs is 2. The van der Waals surface area contributed by atoms with Crippen LogP contribution in [0.2, 0.25) is 0 Å². The molecule has 2 N–H and O–H groups in total. The Morgan fingerprint density at radius 2 is 1.93 bits per heavy atom. The molecule has 5 heteroatoms.